The lowest BCUT2D eigenvalue weighted by Crippen LogP contribution is -2.53. The highest BCUT2D eigenvalue weighted by Gasteiger charge is 2.32. The Morgan fingerprint density at radius 3 is 2.70 bits per heavy atom. The number of halogens is 1. The second kappa shape index (κ2) is 9.72. The van der Waals surface area contributed by atoms with E-state index in [4.69, 9.17) is 5.26 Å². The maximum absolute atomic E-state index is 14.4. The van der Waals surface area contributed by atoms with Gasteiger partial charge in [-0.05, 0) is 74.1 Å². The Kier molecular flexibility index (Phi) is 6.75. The summed E-state index contributed by atoms with van der Waals surface area (Å²) >= 11 is 0. The largest absolute Gasteiger partial charge is 0.337 e. The van der Waals surface area contributed by atoms with Gasteiger partial charge >= 0.3 is 0 Å². The summed E-state index contributed by atoms with van der Waals surface area (Å²) in [7, 11) is 0. The molecule has 0 aromatic heterocycles. The predicted octanol–water partition coefficient (Wildman–Crippen LogP) is 4.09. The van der Waals surface area contributed by atoms with Crippen LogP contribution in [0.25, 0.3) is 0 Å². The summed E-state index contributed by atoms with van der Waals surface area (Å²) in [5.74, 6) is 0.0249. The number of nitrogens with zero attached hydrogens (tertiary/aromatic N) is 3. The molecule has 1 heterocycles. The van der Waals surface area contributed by atoms with Crippen LogP contribution in [-0.2, 0) is 11.3 Å². The number of rotatable bonds is 6. The Balaban J connectivity index is 1.43. The van der Waals surface area contributed by atoms with Crippen molar-refractivity contribution in [2.75, 3.05) is 25.0 Å². The first-order valence-electron chi connectivity index (χ1n) is 11.5. The van der Waals surface area contributed by atoms with E-state index in [2.05, 4.69) is 17.1 Å². The number of nitrogens with one attached hydrogen (secondary N) is 1. The fraction of sp³-hybridized carbons (Fsp3) is 0.423. The lowest BCUT2D eigenvalue weighted by atomic mass is 10.0. The molecule has 1 unspecified atom stereocenters. The molecule has 1 aliphatic heterocycles. The molecule has 0 spiro atoms. The van der Waals surface area contributed by atoms with Crippen molar-refractivity contribution in [2.24, 2.45) is 5.92 Å². The number of benzene rings is 2. The summed E-state index contributed by atoms with van der Waals surface area (Å²) in [6.07, 6.45) is 3.00. The molecule has 2 amide bonds. The maximum atomic E-state index is 14.4. The lowest BCUT2D eigenvalue weighted by molar-refractivity contribution is -0.136. The zero-order chi connectivity index (χ0) is 23.5. The number of hydrogen-bond acceptors (Lipinski definition) is 4. The molecule has 1 atom stereocenters. The molecule has 2 aromatic carbocycles. The van der Waals surface area contributed by atoms with Crippen molar-refractivity contribution in [1.29, 1.82) is 5.26 Å². The van der Waals surface area contributed by atoms with Crippen molar-refractivity contribution in [2.45, 2.75) is 45.7 Å². The minimum absolute atomic E-state index is 0.116. The third-order valence-corrected chi connectivity index (χ3v) is 6.57. The van der Waals surface area contributed by atoms with Crippen LogP contribution in [-0.4, -0.2) is 47.3 Å². The zero-order valence-electron chi connectivity index (χ0n) is 19.1. The van der Waals surface area contributed by atoms with Crippen molar-refractivity contribution in [3.63, 3.8) is 0 Å². The summed E-state index contributed by atoms with van der Waals surface area (Å²) in [5.41, 5.74) is 2.77. The monoisotopic (exact) mass is 448 g/mol. The van der Waals surface area contributed by atoms with Gasteiger partial charge in [0, 0.05) is 49.9 Å². The van der Waals surface area contributed by atoms with Crippen molar-refractivity contribution >= 4 is 17.5 Å². The SMILES string of the molecule is Cc1c(CN2CCN(C(=O)CC3CC3)C(C)C2)cc(F)cc1NC(=O)c1cccc(C#N)c1. The second-order valence-corrected chi connectivity index (χ2v) is 9.20. The molecule has 2 aliphatic rings. The summed E-state index contributed by atoms with van der Waals surface area (Å²) in [6.45, 7) is 6.63. The number of carbonyl (C=O) groups excluding carboxylic acids is 2. The van der Waals surface area contributed by atoms with Gasteiger partial charge in [0.05, 0.1) is 11.6 Å². The summed E-state index contributed by atoms with van der Waals surface area (Å²) < 4.78 is 14.4. The minimum atomic E-state index is -0.414. The van der Waals surface area contributed by atoms with Crippen LogP contribution >= 0.6 is 0 Å². The van der Waals surface area contributed by atoms with Crippen LogP contribution in [0.2, 0.25) is 0 Å². The molecule has 33 heavy (non-hydrogen) atoms. The van der Waals surface area contributed by atoms with Crippen LogP contribution in [0.15, 0.2) is 36.4 Å². The maximum Gasteiger partial charge on any atom is 0.255 e. The van der Waals surface area contributed by atoms with E-state index in [1.165, 1.54) is 31.0 Å². The van der Waals surface area contributed by atoms with Gasteiger partial charge in [0.15, 0.2) is 0 Å². The van der Waals surface area contributed by atoms with E-state index in [1.54, 1.807) is 18.2 Å². The molecule has 1 N–H and O–H groups in total. The van der Waals surface area contributed by atoms with Gasteiger partial charge in [0.25, 0.3) is 5.91 Å². The molecular formula is C26H29FN4O2. The Morgan fingerprint density at radius 2 is 2.00 bits per heavy atom. The lowest BCUT2D eigenvalue weighted by Gasteiger charge is -2.40. The van der Waals surface area contributed by atoms with E-state index in [9.17, 15) is 14.0 Å². The molecule has 2 aromatic rings. The van der Waals surface area contributed by atoms with Gasteiger partial charge in [-0.2, -0.15) is 5.26 Å². The normalized spacial score (nSPS) is 18.6. The number of nitriles is 1. The van der Waals surface area contributed by atoms with Gasteiger partial charge < -0.3 is 10.2 Å². The molecule has 6 nitrogen and oxygen atoms in total. The van der Waals surface area contributed by atoms with E-state index in [0.717, 1.165) is 24.2 Å². The zero-order valence-corrected chi connectivity index (χ0v) is 19.1. The smallest absolute Gasteiger partial charge is 0.255 e. The highest BCUT2D eigenvalue weighted by Crippen LogP contribution is 2.33. The van der Waals surface area contributed by atoms with Gasteiger partial charge in [0.1, 0.15) is 5.82 Å². The summed E-state index contributed by atoms with van der Waals surface area (Å²) in [6, 6.07) is 11.4. The molecule has 1 aliphatic carbocycles. The third-order valence-electron chi connectivity index (χ3n) is 6.57. The van der Waals surface area contributed by atoms with Crippen molar-refractivity contribution in [3.8, 4) is 6.07 Å². The highest BCUT2D eigenvalue weighted by atomic mass is 19.1. The quantitative estimate of drug-likeness (QED) is 0.722. The highest BCUT2D eigenvalue weighted by molar-refractivity contribution is 6.04. The van der Waals surface area contributed by atoms with Crippen molar-refractivity contribution in [3.05, 3.63) is 64.5 Å². The van der Waals surface area contributed by atoms with E-state index in [1.807, 2.05) is 17.9 Å². The summed E-state index contributed by atoms with van der Waals surface area (Å²) in [5, 5.41) is 11.8. The van der Waals surface area contributed by atoms with Gasteiger partial charge in [-0.3, -0.25) is 14.5 Å². The van der Waals surface area contributed by atoms with Crippen LogP contribution in [0, 0.1) is 30.0 Å². The van der Waals surface area contributed by atoms with Crippen LogP contribution < -0.4 is 5.32 Å². The first-order chi connectivity index (χ1) is 15.8. The summed E-state index contributed by atoms with van der Waals surface area (Å²) in [4.78, 5) is 29.4. The van der Waals surface area contributed by atoms with Crippen LogP contribution in [0.3, 0.4) is 0 Å². The molecule has 7 heteroatoms. The van der Waals surface area contributed by atoms with Crippen LogP contribution in [0.4, 0.5) is 10.1 Å². The van der Waals surface area contributed by atoms with E-state index in [-0.39, 0.29) is 17.9 Å². The Labute approximate surface area is 194 Å². The number of amides is 2. The Hall–Kier alpha value is -3.24. The van der Waals surface area contributed by atoms with Crippen LogP contribution in [0.1, 0.15) is 53.2 Å². The average molecular weight is 449 g/mol. The standard InChI is InChI=1S/C26H29FN4O2/c1-17-15-30(8-9-31(17)25(32)11-19-6-7-19)16-22-12-23(27)13-24(18(22)2)29-26(33)21-5-3-4-20(10-21)14-28/h3-5,10,12-13,17,19H,6-9,11,15-16H2,1-2H3,(H,29,33). The molecule has 172 valence electrons. The number of carbonyl (C=O) groups is 2. The first kappa shape index (κ1) is 22.9. The average Bonchev–Trinajstić information content (AvgIpc) is 3.61. The van der Waals surface area contributed by atoms with Gasteiger partial charge in [0.2, 0.25) is 5.91 Å². The fourth-order valence-electron chi connectivity index (χ4n) is 4.43. The van der Waals surface area contributed by atoms with E-state index >= 15 is 0 Å². The van der Waals surface area contributed by atoms with E-state index in [0.29, 0.717) is 42.2 Å². The topological polar surface area (TPSA) is 76.4 Å². The minimum Gasteiger partial charge on any atom is -0.337 e. The van der Waals surface area contributed by atoms with Crippen molar-refractivity contribution < 1.29 is 14.0 Å². The molecule has 1 saturated carbocycles. The molecule has 0 radical (unpaired) electrons. The van der Waals surface area contributed by atoms with Gasteiger partial charge in [-0.15, -0.1) is 0 Å². The Bertz CT molecular complexity index is 1110. The molecule has 0 bridgehead atoms. The molecule has 4 rings (SSSR count). The van der Waals surface area contributed by atoms with Crippen LogP contribution in [0.5, 0.6) is 0 Å². The van der Waals surface area contributed by atoms with Gasteiger partial charge in [-0.1, -0.05) is 6.07 Å². The molecule has 1 saturated heterocycles. The third kappa shape index (κ3) is 5.58. The Morgan fingerprint density at radius 1 is 1.21 bits per heavy atom. The number of hydrogen-bond donors (Lipinski definition) is 1. The first-order valence-corrected chi connectivity index (χ1v) is 11.5. The van der Waals surface area contributed by atoms with Gasteiger partial charge in [-0.25, -0.2) is 4.39 Å². The van der Waals surface area contributed by atoms with E-state index < -0.39 is 5.82 Å². The molecular weight excluding hydrogens is 419 g/mol. The fourth-order valence-corrected chi connectivity index (χ4v) is 4.43. The number of piperazine rings is 1. The second-order valence-electron chi connectivity index (χ2n) is 9.20. The van der Waals surface area contributed by atoms with Crippen molar-refractivity contribution in [1.82, 2.24) is 9.80 Å². The predicted molar refractivity (Wildman–Crippen MR) is 124 cm³/mol. The number of anilines is 1. The molecule has 2 fully saturated rings.